The fraction of sp³-hybridized carbons (Fsp3) is 0.0667. The zero-order valence-corrected chi connectivity index (χ0v) is 13.1. The molecular formula is C15H11ClFN3OS. The lowest BCUT2D eigenvalue weighted by Crippen LogP contribution is -1.96. The van der Waals surface area contributed by atoms with Crippen LogP contribution >= 0.6 is 23.4 Å². The topological polar surface area (TPSA) is 39.9 Å². The molecule has 0 bridgehead atoms. The van der Waals surface area contributed by atoms with Crippen molar-refractivity contribution in [3.63, 3.8) is 0 Å². The van der Waals surface area contributed by atoms with Gasteiger partial charge in [-0.05, 0) is 18.2 Å². The zero-order chi connectivity index (χ0) is 15.5. The smallest absolute Gasteiger partial charge is 0.240 e. The molecule has 0 aliphatic heterocycles. The van der Waals surface area contributed by atoms with Crippen molar-refractivity contribution in [3.05, 3.63) is 59.6 Å². The van der Waals surface area contributed by atoms with E-state index in [0.29, 0.717) is 15.8 Å². The Morgan fingerprint density at radius 3 is 2.77 bits per heavy atom. The molecule has 0 fully saturated rings. The number of halogens is 2. The molecule has 112 valence electrons. The highest BCUT2D eigenvalue weighted by atomic mass is 35.5. The van der Waals surface area contributed by atoms with Gasteiger partial charge in [-0.15, -0.1) is 0 Å². The maximum Gasteiger partial charge on any atom is 0.240 e. The summed E-state index contributed by atoms with van der Waals surface area (Å²) in [6.07, 6.45) is 3.21. The fourth-order valence-electron chi connectivity index (χ4n) is 1.75. The van der Waals surface area contributed by atoms with Crippen LogP contribution in [0.5, 0.6) is 11.8 Å². The molecule has 1 aromatic carbocycles. The minimum absolute atomic E-state index is 0.279. The molecule has 2 aromatic heterocycles. The standard InChI is InChI=1S/C15H11ClFN3OS/c1-20-14(6-7-19-20)21-15-11(16)8-10(9-18-15)22-13-5-3-2-4-12(13)17/h2-9H,1H3. The predicted octanol–water partition coefficient (Wildman–Crippen LogP) is 4.55. The minimum Gasteiger partial charge on any atom is -0.419 e. The van der Waals surface area contributed by atoms with E-state index >= 15 is 0 Å². The largest absolute Gasteiger partial charge is 0.419 e. The second kappa shape index (κ2) is 6.37. The van der Waals surface area contributed by atoms with Crippen molar-refractivity contribution in [1.29, 1.82) is 0 Å². The summed E-state index contributed by atoms with van der Waals surface area (Å²) in [4.78, 5) is 5.43. The first-order valence-electron chi connectivity index (χ1n) is 6.37. The van der Waals surface area contributed by atoms with Crippen molar-refractivity contribution in [2.45, 2.75) is 9.79 Å². The molecule has 0 amide bonds. The lowest BCUT2D eigenvalue weighted by molar-refractivity contribution is 0.415. The SMILES string of the molecule is Cn1nccc1Oc1ncc(Sc2ccccc2F)cc1Cl. The monoisotopic (exact) mass is 335 g/mol. The van der Waals surface area contributed by atoms with Crippen LogP contribution < -0.4 is 4.74 Å². The highest BCUT2D eigenvalue weighted by molar-refractivity contribution is 7.99. The Morgan fingerprint density at radius 1 is 1.27 bits per heavy atom. The van der Waals surface area contributed by atoms with Gasteiger partial charge in [0.05, 0.1) is 6.20 Å². The summed E-state index contributed by atoms with van der Waals surface area (Å²) in [6, 6.07) is 9.94. The molecule has 3 rings (SSSR count). The Morgan fingerprint density at radius 2 is 2.09 bits per heavy atom. The van der Waals surface area contributed by atoms with Crippen LogP contribution in [0.4, 0.5) is 4.39 Å². The summed E-state index contributed by atoms with van der Waals surface area (Å²) in [5, 5.41) is 4.35. The number of rotatable bonds is 4. The van der Waals surface area contributed by atoms with Gasteiger partial charge in [0.1, 0.15) is 10.8 Å². The molecule has 7 heteroatoms. The van der Waals surface area contributed by atoms with Crippen LogP contribution in [0.3, 0.4) is 0 Å². The van der Waals surface area contributed by atoms with E-state index in [1.165, 1.54) is 17.8 Å². The number of pyridine rings is 1. The molecule has 22 heavy (non-hydrogen) atoms. The van der Waals surface area contributed by atoms with Gasteiger partial charge in [-0.25, -0.2) is 14.1 Å². The third-order valence-corrected chi connectivity index (χ3v) is 4.10. The van der Waals surface area contributed by atoms with E-state index < -0.39 is 0 Å². The molecular weight excluding hydrogens is 325 g/mol. The maximum absolute atomic E-state index is 13.6. The average molecular weight is 336 g/mol. The fourth-order valence-corrected chi connectivity index (χ4v) is 2.87. The summed E-state index contributed by atoms with van der Waals surface area (Å²) in [5.74, 6) is 0.533. The third kappa shape index (κ3) is 3.23. The van der Waals surface area contributed by atoms with E-state index in [9.17, 15) is 4.39 Å². The summed E-state index contributed by atoms with van der Waals surface area (Å²) in [6.45, 7) is 0. The number of ether oxygens (including phenoxy) is 1. The Bertz CT molecular complexity index is 809. The number of benzene rings is 1. The van der Waals surface area contributed by atoms with Gasteiger partial charge < -0.3 is 4.74 Å². The van der Waals surface area contributed by atoms with Gasteiger partial charge in [0.2, 0.25) is 11.8 Å². The summed E-state index contributed by atoms with van der Waals surface area (Å²) in [5.41, 5.74) is 0. The molecule has 0 spiro atoms. The van der Waals surface area contributed by atoms with Crippen LogP contribution in [-0.2, 0) is 7.05 Å². The van der Waals surface area contributed by atoms with Crippen LogP contribution in [-0.4, -0.2) is 14.8 Å². The van der Waals surface area contributed by atoms with E-state index in [1.54, 1.807) is 54.5 Å². The lowest BCUT2D eigenvalue weighted by atomic mass is 10.3. The van der Waals surface area contributed by atoms with E-state index in [2.05, 4.69) is 10.1 Å². The highest BCUT2D eigenvalue weighted by Crippen LogP contribution is 2.34. The Hall–Kier alpha value is -2.05. The summed E-state index contributed by atoms with van der Waals surface area (Å²) < 4.78 is 20.8. The van der Waals surface area contributed by atoms with Crippen molar-refractivity contribution in [2.75, 3.05) is 0 Å². The van der Waals surface area contributed by atoms with Crippen molar-refractivity contribution in [1.82, 2.24) is 14.8 Å². The van der Waals surface area contributed by atoms with Crippen LogP contribution in [0, 0.1) is 5.82 Å². The second-order valence-corrected chi connectivity index (χ2v) is 5.91. The van der Waals surface area contributed by atoms with E-state index in [0.717, 1.165) is 4.90 Å². The molecule has 4 nitrogen and oxygen atoms in total. The van der Waals surface area contributed by atoms with E-state index in [4.69, 9.17) is 16.3 Å². The van der Waals surface area contributed by atoms with Crippen molar-refractivity contribution < 1.29 is 9.13 Å². The van der Waals surface area contributed by atoms with E-state index in [1.807, 2.05) is 0 Å². The molecule has 0 aliphatic carbocycles. The molecule has 0 saturated heterocycles. The Labute approximate surface area is 135 Å². The van der Waals surface area contributed by atoms with Gasteiger partial charge in [-0.1, -0.05) is 35.5 Å². The number of nitrogens with zero attached hydrogens (tertiary/aromatic N) is 3. The van der Waals surface area contributed by atoms with Crippen LogP contribution in [0.1, 0.15) is 0 Å². The molecule has 0 atom stereocenters. The Kier molecular flexibility index (Phi) is 4.31. The first-order valence-corrected chi connectivity index (χ1v) is 7.57. The second-order valence-electron chi connectivity index (χ2n) is 4.39. The molecule has 0 radical (unpaired) electrons. The third-order valence-electron chi connectivity index (χ3n) is 2.82. The van der Waals surface area contributed by atoms with Gasteiger partial charge in [0.25, 0.3) is 0 Å². The van der Waals surface area contributed by atoms with Crippen molar-refractivity contribution in [2.24, 2.45) is 7.05 Å². The van der Waals surface area contributed by atoms with Gasteiger partial charge in [0.15, 0.2) is 0 Å². The number of aromatic nitrogens is 3. The summed E-state index contributed by atoms with van der Waals surface area (Å²) in [7, 11) is 1.76. The van der Waals surface area contributed by atoms with Gasteiger partial charge >= 0.3 is 0 Å². The lowest BCUT2D eigenvalue weighted by Gasteiger charge is -2.08. The molecule has 0 unspecified atom stereocenters. The molecule has 0 saturated carbocycles. The molecule has 2 heterocycles. The number of aryl methyl sites for hydroxylation is 1. The van der Waals surface area contributed by atoms with E-state index in [-0.39, 0.29) is 11.7 Å². The Balaban J connectivity index is 1.80. The number of hydrogen-bond donors (Lipinski definition) is 0. The highest BCUT2D eigenvalue weighted by Gasteiger charge is 2.10. The van der Waals surface area contributed by atoms with Crippen LogP contribution in [0.2, 0.25) is 5.02 Å². The normalized spacial score (nSPS) is 10.7. The summed E-state index contributed by atoms with van der Waals surface area (Å²) >= 11 is 7.43. The maximum atomic E-state index is 13.6. The average Bonchev–Trinajstić information content (AvgIpc) is 2.90. The zero-order valence-electron chi connectivity index (χ0n) is 11.5. The molecule has 3 aromatic rings. The van der Waals surface area contributed by atoms with Crippen molar-refractivity contribution in [3.8, 4) is 11.8 Å². The van der Waals surface area contributed by atoms with Crippen LogP contribution in [0.25, 0.3) is 0 Å². The van der Waals surface area contributed by atoms with Crippen LogP contribution in [0.15, 0.2) is 58.6 Å². The number of hydrogen-bond acceptors (Lipinski definition) is 4. The predicted molar refractivity (Wildman–Crippen MR) is 83.1 cm³/mol. The molecule has 0 N–H and O–H groups in total. The van der Waals surface area contributed by atoms with Gasteiger partial charge in [0, 0.05) is 29.1 Å². The minimum atomic E-state index is -0.279. The van der Waals surface area contributed by atoms with Gasteiger partial charge in [-0.3, -0.25) is 0 Å². The quantitative estimate of drug-likeness (QED) is 0.701. The first-order chi connectivity index (χ1) is 10.6. The first kappa shape index (κ1) is 14.9. The molecule has 0 aliphatic rings. The van der Waals surface area contributed by atoms with Crippen molar-refractivity contribution >= 4 is 23.4 Å². The van der Waals surface area contributed by atoms with Gasteiger partial charge in [-0.2, -0.15) is 5.10 Å².